The number of benzene rings is 1. The molecule has 2 fully saturated rings. The van der Waals surface area contributed by atoms with Gasteiger partial charge in [-0.3, -0.25) is 9.69 Å². The maximum atomic E-state index is 12.8. The summed E-state index contributed by atoms with van der Waals surface area (Å²) in [4.78, 5) is 17.2. The Morgan fingerprint density at radius 2 is 1.77 bits per heavy atom. The van der Waals surface area contributed by atoms with Crippen molar-refractivity contribution in [3.05, 3.63) is 29.8 Å². The van der Waals surface area contributed by atoms with E-state index in [0.717, 1.165) is 25.9 Å². The van der Waals surface area contributed by atoms with E-state index in [4.69, 9.17) is 0 Å². The van der Waals surface area contributed by atoms with Crippen molar-refractivity contribution in [3.8, 4) is 0 Å². The van der Waals surface area contributed by atoms with Gasteiger partial charge in [0.25, 0.3) is 10.0 Å². The summed E-state index contributed by atoms with van der Waals surface area (Å²) in [5.41, 5.74) is 0.637. The summed E-state index contributed by atoms with van der Waals surface area (Å²) in [6, 6.07) is 6.77. The molecule has 164 valence electrons. The first-order valence-corrected chi connectivity index (χ1v) is 12.5. The molecule has 2 aliphatic heterocycles. The minimum absolute atomic E-state index is 0.0771. The van der Waals surface area contributed by atoms with Crippen LogP contribution < -0.4 is 5.32 Å². The fourth-order valence-electron chi connectivity index (χ4n) is 5.16. The Morgan fingerprint density at radius 3 is 2.50 bits per heavy atom. The minimum atomic E-state index is -3.68. The molecule has 1 aliphatic carbocycles. The van der Waals surface area contributed by atoms with Gasteiger partial charge < -0.3 is 10.2 Å². The lowest BCUT2D eigenvalue weighted by atomic mass is 9.79. The van der Waals surface area contributed by atoms with E-state index >= 15 is 0 Å². The van der Waals surface area contributed by atoms with Crippen LogP contribution in [-0.2, 0) is 14.8 Å². The number of amidine groups is 1. The topological polar surface area (TPSA) is 82.1 Å². The van der Waals surface area contributed by atoms with Crippen molar-refractivity contribution in [1.29, 1.82) is 0 Å². The molecule has 7 nitrogen and oxygen atoms in total. The number of nitrogens with zero attached hydrogens (tertiary/aromatic N) is 3. The van der Waals surface area contributed by atoms with Crippen LogP contribution in [0, 0.1) is 0 Å². The number of likely N-dealkylation sites (tertiary alicyclic amines) is 1. The van der Waals surface area contributed by atoms with Crippen LogP contribution in [0.5, 0.6) is 0 Å². The van der Waals surface area contributed by atoms with Crippen LogP contribution >= 0.6 is 0 Å². The lowest BCUT2D eigenvalue weighted by molar-refractivity contribution is -0.122. The number of sulfonamides is 1. The Bertz CT molecular complexity index is 916. The number of likely N-dealkylation sites (N-methyl/N-ethyl adjacent to an activating group) is 1. The van der Waals surface area contributed by atoms with Crippen LogP contribution in [0.4, 0.5) is 0 Å². The second-order valence-electron chi connectivity index (χ2n) is 8.85. The van der Waals surface area contributed by atoms with Gasteiger partial charge in [-0.1, -0.05) is 37.8 Å². The molecule has 0 aromatic heterocycles. The Kier molecular flexibility index (Phi) is 6.16. The normalized spacial score (nSPS) is 22.8. The molecule has 0 radical (unpaired) electrons. The van der Waals surface area contributed by atoms with E-state index < -0.39 is 10.0 Å². The number of amides is 1. The van der Waals surface area contributed by atoms with E-state index in [-0.39, 0.29) is 22.9 Å². The second-order valence-corrected chi connectivity index (χ2v) is 10.4. The van der Waals surface area contributed by atoms with Crippen LogP contribution in [0.3, 0.4) is 0 Å². The fraction of sp³-hybridized carbons (Fsp3) is 0.636. The van der Waals surface area contributed by atoms with Crippen molar-refractivity contribution in [1.82, 2.24) is 15.1 Å². The first-order chi connectivity index (χ1) is 14.4. The van der Waals surface area contributed by atoms with Crippen LogP contribution in [0.2, 0.25) is 0 Å². The van der Waals surface area contributed by atoms with Crippen molar-refractivity contribution < 1.29 is 13.2 Å². The van der Waals surface area contributed by atoms with Crippen molar-refractivity contribution in [2.45, 2.75) is 61.8 Å². The summed E-state index contributed by atoms with van der Waals surface area (Å²) in [5, 5.41) is 3.16. The molecule has 1 aromatic rings. The zero-order valence-electron chi connectivity index (χ0n) is 17.8. The van der Waals surface area contributed by atoms with E-state index in [0.29, 0.717) is 17.9 Å². The van der Waals surface area contributed by atoms with E-state index in [9.17, 15) is 13.2 Å². The van der Waals surface area contributed by atoms with Crippen LogP contribution in [0.1, 0.15) is 56.9 Å². The van der Waals surface area contributed by atoms with Gasteiger partial charge in [0.1, 0.15) is 4.90 Å². The summed E-state index contributed by atoms with van der Waals surface area (Å²) in [7, 11) is -1.96. The van der Waals surface area contributed by atoms with Gasteiger partial charge in [-0.05, 0) is 50.9 Å². The summed E-state index contributed by atoms with van der Waals surface area (Å²) < 4.78 is 28.5. The van der Waals surface area contributed by atoms with Crippen LogP contribution in [0.25, 0.3) is 0 Å². The molecule has 0 unspecified atom stereocenters. The monoisotopic (exact) mass is 432 g/mol. The Balaban J connectivity index is 1.40. The summed E-state index contributed by atoms with van der Waals surface area (Å²) in [6.07, 6.45) is 9.78. The largest absolute Gasteiger partial charge is 0.353 e. The quantitative estimate of drug-likeness (QED) is 0.773. The predicted octanol–water partition coefficient (Wildman–Crippen LogP) is 2.37. The van der Waals surface area contributed by atoms with E-state index in [1.807, 2.05) is 0 Å². The van der Waals surface area contributed by atoms with Crippen molar-refractivity contribution in [3.63, 3.8) is 0 Å². The number of hydrogen-bond acceptors (Lipinski definition) is 5. The molecule has 1 amide bonds. The predicted molar refractivity (Wildman–Crippen MR) is 117 cm³/mol. The van der Waals surface area contributed by atoms with E-state index in [1.165, 1.54) is 38.5 Å². The first-order valence-electron chi connectivity index (χ1n) is 11.1. The van der Waals surface area contributed by atoms with Gasteiger partial charge in [0, 0.05) is 24.7 Å². The Hall–Kier alpha value is -1.93. The first kappa shape index (κ1) is 21.3. The molecule has 1 N–H and O–H groups in total. The maximum absolute atomic E-state index is 12.8. The molecule has 1 saturated carbocycles. The van der Waals surface area contributed by atoms with Gasteiger partial charge in [0.05, 0.1) is 6.54 Å². The molecule has 8 heteroatoms. The van der Waals surface area contributed by atoms with Crippen LogP contribution in [0.15, 0.2) is 33.6 Å². The zero-order valence-corrected chi connectivity index (χ0v) is 18.6. The second kappa shape index (κ2) is 8.67. The fourth-order valence-corrected chi connectivity index (χ4v) is 6.41. The van der Waals surface area contributed by atoms with E-state index in [2.05, 4.69) is 14.6 Å². The molecular weight excluding hydrogens is 400 g/mol. The van der Waals surface area contributed by atoms with Crippen molar-refractivity contribution in [2.24, 2.45) is 4.40 Å². The molecule has 1 saturated heterocycles. The van der Waals surface area contributed by atoms with Gasteiger partial charge in [0.2, 0.25) is 5.91 Å². The zero-order chi connectivity index (χ0) is 21.2. The highest BCUT2D eigenvalue weighted by Crippen LogP contribution is 2.35. The van der Waals surface area contributed by atoms with Crippen molar-refractivity contribution >= 4 is 21.8 Å². The van der Waals surface area contributed by atoms with Gasteiger partial charge in [0.15, 0.2) is 5.84 Å². The van der Waals surface area contributed by atoms with Gasteiger partial charge in [-0.15, -0.1) is 4.40 Å². The molecule has 3 aliphatic rings. The molecule has 0 bridgehead atoms. The molecule has 0 atom stereocenters. The lowest BCUT2D eigenvalue weighted by Crippen LogP contribution is -2.58. The summed E-state index contributed by atoms with van der Waals surface area (Å²) >= 11 is 0. The molecular formula is C22H32N4O3S. The number of carbonyl (C=O) groups is 1. The van der Waals surface area contributed by atoms with Gasteiger partial charge in [-0.2, -0.15) is 8.42 Å². The summed E-state index contributed by atoms with van der Waals surface area (Å²) in [5.74, 6) is 0.244. The third-order valence-electron chi connectivity index (χ3n) is 6.78. The lowest BCUT2D eigenvalue weighted by Gasteiger charge is -2.48. The Morgan fingerprint density at radius 1 is 1.10 bits per heavy atom. The molecule has 2 heterocycles. The number of hydrogen-bond donors (Lipinski definition) is 1. The van der Waals surface area contributed by atoms with Gasteiger partial charge in [-0.25, -0.2) is 0 Å². The maximum Gasteiger partial charge on any atom is 0.285 e. The number of piperidine rings is 1. The summed E-state index contributed by atoms with van der Waals surface area (Å²) in [6.45, 7) is 3.00. The SMILES string of the molecule is CN(CC(=O)NCC1(N2CCCCC2)CCCCC1)C1=NS(=O)(=O)c2ccccc21. The minimum Gasteiger partial charge on any atom is -0.353 e. The third-order valence-corrected chi connectivity index (χ3v) is 8.11. The van der Waals surface area contributed by atoms with E-state index in [1.54, 1.807) is 36.2 Å². The highest BCUT2D eigenvalue weighted by molar-refractivity contribution is 7.90. The molecule has 30 heavy (non-hydrogen) atoms. The van der Waals surface area contributed by atoms with Crippen LogP contribution in [-0.4, -0.2) is 68.7 Å². The number of rotatable bonds is 5. The molecule has 0 spiro atoms. The Labute approximate surface area is 179 Å². The third kappa shape index (κ3) is 4.25. The van der Waals surface area contributed by atoms with Gasteiger partial charge >= 0.3 is 0 Å². The highest BCUT2D eigenvalue weighted by Gasteiger charge is 2.38. The van der Waals surface area contributed by atoms with Crippen molar-refractivity contribution in [2.75, 3.05) is 33.2 Å². The molecule has 4 rings (SSSR count). The number of fused-ring (bicyclic) bond motifs is 1. The highest BCUT2D eigenvalue weighted by atomic mass is 32.2. The molecule has 1 aromatic carbocycles. The standard InChI is InChI=1S/C22H32N4O3S/c1-25(21-18-10-4-5-11-19(18)30(28,29)24-21)16-20(27)23-17-22(12-6-2-7-13-22)26-14-8-3-9-15-26/h4-5,10-11H,2-3,6-9,12-17H2,1H3,(H,23,27). The smallest absolute Gasteiger partial charge is 0.285 e. The average molecular weight is 433 g/mol. The number of nitrogens with one attached hydrogen (secondary N) is 1. The average Bonchev–Trinajstić information content (AvgIpc) is 3.05. The number of carbonyl (C=O) groups excluding carboxylic acids is 1.